The molecule has 0 bridgehead atoms. The lowest BCUT2D eigenvalue weighted by Gasteiger charge is -2.30. The molecule has 1 N–H and O–H groups in total. The standard InChI is InChI=1S/C15H26N4OS/c1-11(2)15-17-10-14(13(18-15)9-16-12(3)4)19-5-7-21(20)8-6-19/h10-12,16H,5-9H2,1-4H3. The van der Waals surface area contributed by atoms with Gasteiger partial charge in [-0.25, -0.2) is 9.97 Å². The first-order valence-corrected chi connectivity index (χ1v) is 9.15. The van der Waals surface area contributed by atoms with Crippen LogP contribution in [0.3, 0.4) is 0 Å². The van der Waals surface area contributed by atoms with Crippen LogP contribution in [0.25, 0.3) is 0 Å². The third kappa shape index (κ3) is 4.48. The van der Waals surface area contributed by atoms with Crippen LogP contribution >= 0.6 is 0 Å². The second-order valence-electron chi connectivity index (χ2n) is 6.09. The van der Waals surface area contributed by atoms with E-state index in [4.69, 9.17) is 4.98 Å². The Morgan fingerprint density at radius 2 is 1.95 bits per heavy atom. The van der Waals surface area contributed by atoms with Gasteiger partial charge >= 0.3 is 0 Å². The van der Waals surface area contributed by atoms with E-state index in [1.165, 1.54) is 0 Å². The Kier molecular flexibility index (Phi) is 5.70. The van der Waals surface area contributed by atoms with Crippen LogP contribution in [-0.4, -0.2) is 44.8 Å². The summed E-state index contributed by atoms with van der Waals surface area (Å²) in [6, 6.07) is 0.421. The van der Waals surface area contributed by atoms with Crippen LogP contribution in [0.2, 0.25) is 0 Å². The summed E-state index contributed by atoms with van der Waals surface area (Å²) < 4.78 is 11.5. The van der Waals surface area contributed by atoms with E-state index >= 15 is 0 Å². The minimum absolute atomic E-state index is 0.325. The molecule has 1 aromatic heterocycles. The molecule has 5 nitrogen and oxygen atoms in total. The fourth-order valence-electron chi connectivity index (χ4n) is 2.28. The average molecular weight is 310 g/mol. The summed E-state index contributed by atoms with van der Waals surface area (Å²) in [7, 11) is -0.662. The maximum atomic E-state index is 11.5. The minimum atomic E-state index is -0.662. The van der Waals surface area contributed by atoms with Gasteiger partial charge in [0.05, 0.1) is 17.6 Å². The Hall–Kier alpha value is -1.01. The molecule has 118 valence electrons. The second kappa shape index (κ2) is 7.31. The molecule has 1 aliphatic rings. The molecule has 0 atom stereocenters. The topological polar surface area (TPSA) is 58.1 Å². The zero-order valence-corrected chi connectivity index (χ0v) is 14.2. The maximum Gasteiger partial charge on any atom is 0.131 e. The Labute approximate surface area is 130 Å². The van der Waals surface area contributed by atoms with Crippen molar-refractivity contribution in [3.8, 4) is 0 Å². The highest BCUT2D eigenvalue weighted by Crippen LogP contribution is 2.22. The lowest BCUT2D eigenvalue weighted by molar-refractivity contribution is 0.575. The molecule has 0 aliphatic carbocycles. The van der Waals surface area contributed by atoms with E-state index in [9.17, 15) is 4.21 Å². The van der Waals surface area contributed by atoms with Crippen LogP contribution < -0.4 is 10.2 Å². The van der Waals surface area contributed by atoms with Gasteiger partial charge in [-0.05, 0) is 0 Å². The van der Waals surface area contributed by atoms with Gasteiger partial charge in [0, 0.05) is 53.9 Å². The maximum absolute atomic E-state index is 11.5. The monoisotopic (exact) mass is 310 g/mol. The van der Waals surface area contributed by atoms with Gasteiger partial charge in [0.2, 0.25) is 0 Å². The third-order valence-electron chi connectivity index (χ3n) is 3.58. The fourth-order valence-corrected chi connectivity index (χ4v) is 3.33. The molecule has 0 amide bonds. The summed E-state index contributed by atoms with van der Waals surface area (Å²) in [5.74, 6) is 2.69. The molecule has 2 heterocycles. The first-order chi connectivity index (χ1) is 9.97. The number of hydrogen-bond donors (Lipinski definition) is 1. The lowest BCUT2D eigenvalue weighted by Crippen LogP contribution is -2.39. The largest absolute Gasteiger partial charge is 0.367 e. The van der Waals surface area contributed by atoms with Crippen LogP contribution in [0, 0.1) is 0 Å². The number of nitrogens with one attached hydrogen (secondary N) is 1. The molecule has 0 unspecified atom stereocenters. The summed E-state index contributed by atoms with van der Waals surface area (Å²) in [6.45, 7) is 10.9. The van der Waals surface area contributed by atoms with Crippen LogP contribution in [-0.2, 0) is 17.3 Å². The summed E-state index contributed by atoms with van der Waals surface area (Å²) in [4.78, 5) is 11.5. The summed E-state index contributed by atoms with van der Waals surface area (Å²) >= 11 is 0. The molecule has 0 saturated carbocycles. The molecule has 2 rings (SSSR count). The first-order valence-electron chi connectivity index (χ1n) is 7.66. The highest BCUT2D eigenvalue weighted by Gasteiger charge is 2.20. The van der Waals surface area contributed by atoms with Crippen LogP contribution in [0.15, 0.2) is 6.20 Å². The zero-order valence-electron chi connectivity index (χ0n) is 13.4. The number of hydrogen-bond acceptors (Lipinski definition) is 5. The van der Waals surface area contributed by atoms with Gasteiger partial charge in [-0.2, -0.15) is 0 Å². The minimum Gasteiger partial charge on any atom is -0.367 e. The Morgan fingerprint density at radius 3 is 2.52 bits per heavy atom. The van der Waals surface area contributed by atoms with Crippen molar-refractivity contribution in [2.45, 2.75) is 46.2 Å². The van der Waals surface area contributed by atoms with Gasteiger partial charge in [0.15, 0.2) is 0 Å². The van der Waals surface area contributed by atoms with Crippen molar-refractivity contribution in [2.24, 2.45) is 0 Å². The van der Waals surface area contributed by atoms with Crippen molar-refractivity contribution >= 4 is 16.5 Å². The molecule has 1 aliphatic heterocycles. The summed E-state index contributed by atoms with van der Waals surface area (Å²) in [6.07, 6.45) is 1.94. The van der Waals surface area contributed by atoms with Crippen molar-refractivity contribution in [3.05, 3.63) is 17.7 Å². The predicted molar refractivity (Wildman–Crippen MR) is 88.2 cm³/mol. The van der Waals surface area contributed by atoms with Crippen LogP contribution in [0.4, 0.5) is 5.69 Å². The van der Waals surface area contributed by atoms with Gasteiger partial charge in [0.25, 0.3) is 0 Å². The Bertz CT molecular complexity index is 494. The second-order valence-corrected chi connectivity index (χ2v) is 7.78. The SMILES string of the molecule is CC(C)NCc1nc(C(C)C)ncc1N1CCS(=O)CC1. The molecule has 6 heteroatoms. The number of nitrogens with zero attached hydrogens (tertiary/aromatic N) is 3. The average Bonchev–Trinajstić information content (AvgIpc) is 2.45. The smallest absolute Gasteiger partial charge is 0.131 e. The van der Waals surface area contributed by atoms with E-state index in [2.05, 4.69) is 42.9 Å². The van der Waals surface area contributed by atoms with E-state index < -0.39 is 10.8 Å². The molecule has 0 aromatic carbocycles. The van der Waals surface area contributed by atoms with E-state index in [-0.39, 0.29) is 0 Å². The lowest BCUT2D eigenvalue weighted by atomic mass is 10.2. The van der Waals surface area contributed by atoms with Crippen LogP contribution in [0.5, 0.6) is 0 Å². The predicted octanol–water partition coefficient (Wildman–Crippen LogP) is 1.67. The molecule has 0 spiro atoms. The number of rotatable bonds is 5. The van der Waals surface area contributed by atoms with Gasteiger partial charge in [0.1, 0.15) is 5.82 Å². The van der Waals surface area contributed by atoms with Gasteiger partial charge in [-0.1, -0.05) is 27.7 Å². The first kappa shape index (κ1) is 16.4. The van der Waals surface area contributed by atoms with Crippen molar-refractivity contribution in [1.29, 1.82) is 0 Å². The summed E-state index contributed by atoms with van der Waals surface area (Å²) in [5.41, 5.74) is 2.14. The summed E-state index contributed by atoms with van der Waals surface area (Å²) in [5, 5.41) is 3.44. The number of anilines is 1. The Balaban J connectivity index is 2.23. The third-order valence-corrected chi connectivity index (χ3v) is 4.85. The molecule has 1 aromatic rings. The van der Waals surface area contributed by atoms with Crippen molar-refractivity contribution in [2.75, 3.05) is 29.5 Å². The zero-order chi connectivity index (χ0) is 15.4. The normalized spacial score (nSPS) is 17.0. The molecular weight excluding hydrogens is 284 g/mol. The highest BCUT2D eigenvalue weighted by atomic mass is 32.2. The highest BCUT2D eigenvalue weighted by molar-refractivity contribution is 7.85. The Morgan fingerprint density at radius 1 is 1.29 bits per heavy atom. The molecule has 21 heavy (non-hydrogen) atoms. The quantitative estimate of drug-likeness (QED) is 0.896. The fraction of sp³-hybridized carbons (Fsp3) is 0.733. The van der Waals surface area contributed by atoms with Crippen LogP contribution in [0.1, 0.15) is 45.1 Å². The van der Waals surface area contributed by atoms with Gasteiger partial charge in [-0.15, -0.1) is 0 Å². The van der Waals surface area contributed by atoms with E-state index in [0.29, 0.717) is 12.0 Å². The number of aromatic nitrogens is 2. The van der Waals surface area contributed by atoms with Crippen molar-refractivity contribution in [3.63, 3.8) is 0 Å². The van der Waals surface area contributed by atoms with E-state index in [0.717, 1.165) is 48.3 Å². The van der Waals surface area contributed by atoms with Crippen molar-refractivity contribution in [1.82, 2.24) is 15.3 Å². The molecule has 1 saturated heterocycles. The van der Waals surface area contributed by atoms with Gasteiger partial charge < -0.3 is 10.2 Å². The molecule has 1 fully saturated rings. The van der Waals surface area contributed by atoms with Crippen molar-refractivity contribution < 1.29 is 4.21 Å². The van der Waals surface area contributed by atoms with Gasteiger partial charge in [-0.3, -0.25) is 4.21 Å². The van der Waals surface area contributed by atoms with E-state index in [1.807, 2.05) is 6.20 Å². The van der Waals surface area contributed by atoms with E-state index in [1.54, 1.807) is 0 Å². The molecular formula is C15H26N4OS. The molecule has 0 radical (unpaired) electrons.